The molecule has 7 heteroatoms. The average molecular weight is 383 g/mol. The van der Waals surface area contributed by atoms with Crippen LogP contribution in [0.3, 0.4) is 0 Å². The van der Waals surface area contributed by atoms with Crippen molar-refractivity contribution in [3.8, 4) is 0 Å². The molecule has 2 heterocycles. The maximum atomic E-state index is 12.7. The molecule has 1 aromatic rings. The van der Waals surface area contributed by atoms with E-state index in [0.29, 0.717) is 10.8 Å². The molecule has 2 atom stereocenters. The lowest BCUT2D eigenvalue weighted by Gasteiger charge is -2.38. The van der Waals surface area contributed by atoms with Crippen molar-refractivity contribution in [1.82, 2.24) is 9.62 Å². The van der Waals surface area contributed by atoms with E-state index in [1.54, 1.807) is 19.1 Å². The van der Waals surface area contributed by atoms with Gasteiger partial charge in [0.15, 0.2) is 0 Å². The molecule has 0 saturated carbocycles. The number of nitrogens with one attached hydrogen (secondary N) is 1. The molecule has 2 saturated heterocycles. The van der Waals surface area contributed by atoms with Gasteiger partial charge in [-0.05, 0) is 63.0 Å². The quantitative estimate of drug-likeness (QED) is 0.850. The first-order valence-corrected chi connectivity index (χ1v) is 11.5. The Labute approximate surface area is 154 Å². The minimum Gasteiger partial charge on any atom is -0.336 e. The van der Waals surface area contributed by atoms with Crippen LogP contribution in [0.2, 0.25) is 0 Å². The summed E-state index contributed by atoms with van der Waals surface area (Å²) < 4.78 is 27.7. The number of amides is 1. The second-order valence-corrected chi connectivity index (χ2v) is 9.98. The van der Waals surface area contributed by atoms with Crippen molar-refractivity contribution in [2.45, 2.75) is 61.8 Å². The molecular formula is C18H26N2O3S2. The molecule has 2 unspecified atom stereocenters. The molecule has 1 aromatic carbocycles. The highest BCUT2D eigenvalue weighted by Gasteiger charge is 2.42. The highest BCUT2D eigenvalue weighted by atomic mass is 32.2. The Morgan fingerprint density at radius 2 is 1.88 bits per heavy atom. The Kier molecular flexibility index (Phi) is 5.46. The number of nitrogens with zero attached hydrogens (tertiary/aromatic N) is 1. The zero-order chi connectivity index (χ0) is 18.2. The van der Waals surface area contributed by atoms with Gasteiger partial charge in [0.2, 0.25) is 15.9 Å². The normalized spacial score (nSPS) is 26.0. The minimum atomic E-state index is -3.68. The molecular weight excluding hydrogens is 356 g/mol. The van der Waals surface area contributed by atoms with Crippen LogP contribution in [-0.2, 0) is 14.8 Å². The van der Waals surface area contributed by atoms with Crippen molar-refractivity contribution in [3.05, 3.63) is 29.3 Å². The van der Waals surface area contributed by atoms with Crippen molar-refractivity contribution < 1.29 is 13.2 Å². The molecule has 3 rings (SSSR count). The summed E-state index contributed by atoms with van der Waals surface area (Å²) in [5, 5.41) is 0.619. The predicted molar refractivity (Wildman–Crippen MR) is 101 cm³/mol. The van der Waals surface area contributed by atoms with Crippen molar-refractivity contribution in [3.63, 3.8) is 0 Å². The standard InChI is InChI=1S/C18H26N2O3S2/c1-12-4-5-13(2)17(8-12)25(22,23)19-11-18(21)20-14-6-7-15(20)10-16(9-14)24-3/h4-5,8,14-16,19H,6-7,9-11H2,1-3H3. The molecule has 138 valence electrons. The molecule has 0 spiro atoms. The maximum Gasteiger partial charge on any atom is 0.241 e. The van der Waals surface area contributed by atoms with Crippen LogP contribution in [0, 0.1) is 13.8 Å². The van der Waals surface area contributed by atoms with E-state index in [0.717, 1.165) is 31.2 Å². The van der Waals surface area contributed by atoms with Gasteiger partial charge < -0.3 is 4.90 Å². The predicted octanol–water partition coefficient (Wildman–Crippen LogP) is 2.47. The van der Waals surface area contributed by atoms with Gasteiger partial charge in [0, 0.05) is 17.3 Å². The fraction of sp³-hybridized carbons (Fsp3) is 0.611. The first kappa shape index (κ1) is 18.7. The lowest BCUT2D eigenvalue weighted by Crippen LogP contribution is -2.50. The van der Waals surface area contributed by atoms with Crippen LogP contribution in [0.4, 0.5) is 0 Å². The Bertz CT molecular complexity index is 750. The third-order valence-electron chi connectivity index (χ3n) is 5.36. The summed E-state index contributed by atoms with van der Waals surface area (Å²) in [7, 11) is -3.68. The van der Waals surface area contributed by atoms with E-state index in [1.165, 1.54) is 0 Å². The summed E-state index contributed by atoms with van der Waals surface area (Å²) in [4.78, 5) is 14.9. The second-order valence-electron chi connectivity index (χ2n) is 7.11. The Morgan fingerprint density at radius 3 is 2.48 bits per heavy atom. The smallest absolute Gasteiger partial charge is 0.241 e. The fourth-order valence-corrected chi connectivity index (χ4v) is 6.18. The molecule has 0 aliphatic carbocycles. The highest BCUT2D eigenvalue weighted by molar-refractivity contribution is 7.99. The number of hydrogen-bond acceptors (Lipinski definition) is 4. The van der Waals surface area contributed by atoms with Crippen LogP contribution < -0.4 is 4.72 Å². The van der Waals surface area contributed by atoms with Crippen molar-refractivity contribution in [2.75, 3.05) is 12.8 Å². The molecule has 5 nitrogen and oxygen atoms in total. The Morgan fingerprint density at radius 1 is 1.24 bits per heavy atom. The number of rotatable bonds is 5. The Balaban J connectivity index is 1.67. The van der Waals surface area contributed by atoms with Crippen LogP contribution in [0.15, 0.2) is 23.1 Å². The number of aryl methyl sites for hydroxylation is 2. The van der Waals surface area contributed by atoms with Gasteiger partial charge >= 0.3 is 0 Å². The number of benzene rings is 1. The number of fused-ring (bicyclic) bond motifs is 2. The van der Waals surface area contributed by atoms with Crippen molar-refractivity contribution in [2.24, 2.45) is 0 Å². The van der Waals surface area contributed by atoms with E-state index in [-0.39, 0.29) is 29.4 Å². The van der Waals surface area contributed by atoms with Crippen molar-refractivity contribution in [1.29, 1.82) is 0 Å². The number of carbonyl (C=O) groups is 1. The van der Waals surface area contributed by atoms with Crippen LogP contribution in [0.5, 0.6) is 0 Å². The molecule has 2 bridgehead atoms. The van der Waals surface area contributed by atoms with Gasteiger partial charge in [-0.25, -0.2) is 13.1 Å². The van der Waals surface area contributed by atoms with Crippen LogP contribution in [0.1, 0.15) is 36.8 Å². The van der Waals surface area contributed by atoms with Gasteiger partial charge in [0.25, 0.3) is 0 Å². The van der Waals surface area contributed by atoms with E-state index >= 15 is 0 Å². The number of thioether (sulfide) groups is 1. The summed E-state index contributed by atoms with van der Waals surface area (Å²) in [6.07, 6.45) is 6.24. The van der Waals surface area contributed by atoms with Crippen LogP contribution in [0.25, 0.3) is 0 Å². The lowest BCUT2D eigenvalue weighted by molar-refractivity contribution is -0.134. The first-order chi connectivity index (χ1) is 11.8. The fourth-order valence-electron chi connectivity index (χ4n) is 4.05. The number of piperidine rings is 1. The molecule has 25 heavy (non-hydrogen) atoms. The summed E-state index contributed by atoms with van der Waals surface area (Å²) >= 11 is 1.88. The van der Waals surface area contributed by atoms with Gasteiger partial charge in [-0.2, -0.15) is 11.8 Å². The summed E-state index contributed by atoms with van der Waals surface area (Å²) in [6.45, 7) is 3.47. The molecule has 2 aliphatic rings. The van der Waals surface area contributed by atoms with E-state index in [4.69, 9.17) is 0 Å². The average Bonchev–Trinajstić information content (AvgIpc) is 2.85. The third kappa shape index (κ3) is 3.88. The van der Waals surface area contributed by atoms with E-state index in [9.17, 15) is 13.2 Å². The van der Waals surface area contributed by atoms with E-state index in [2.05, 4.69) is 11.0 Å². The monoisotopic (exact) mass is 382 g/mol. The summed E-state index contributed by atoms with van der Waals surface area (Å²) in [5.41, 5.74) is 1.57. The SMILES string of the molecule is CSC1CC2CCC(C1)N2C(=O)CNS(=O)(=O)c1cc(C)ccc1C. The number of hydrogen-bond donors (Lipinski definition) is 1. The molecule has 0 radical (unpaired) electrons. The Hall–Kier alpha value is -1.05. The third-order valence-corrected chi connectivity index (χ3v) is 7.95. The second kappa shape index (κ2) is 7.29. The van der Waals surface area contributed by atoms with Gasteiger partial charge in [-0.15, -0.1) is 0 Å². The molecule has 1 amide bonds. The first-order valence-electron chi connectivity index (χ1n) is 8.72. The van der Waals surface area contributed by atoms with E-state index < -0.39 is 10.0 Å². The molecule has 1 N–H and O–H groups in total. The number of sulfonamides is 1. The summed E-state index contributed by atoms with van der Waals surface area (Å²) in [6, 6.07) is 5.87. The molecule has 2 fully saturated rings. The summed E-state index contributed by atoms with van der Waals surface area (Å²) in [5.74, 6) is -0.0964. The molecule has 2 aliphatic heterocycles. The minimum absolute atomic E-state index is 0.0964. The van der Waals surface area contributed by atoms with E-state index in [1.807, 2.05) is 29.7 Å². The largest absolute Gasteiger partial charge is 0.336 e. The lowest BCUT2D eigenvalue weighted by atomic mass is 10.0. The van der Waals surface area contributed by atoms with Crippen LogP contribution in [-0.4, -0.2) is 49.4 Å². The van der Waals surface area contributed by atoms with Gasteiger partial charge in [0.1, 0.15) is 0 Å². The van der Waals surface area contributed by atoms with Crippen LogP contribution >= 0.6 is 11.8 Å². The highest BCUT2D eigenvalue weighted by Crippen LogP contribution is 2.39. The van der Waals surface area contributed by atoms with Gasteiger partial charge in [-0.3, -0.25) is 4.79 Å². The van der Waals surface area contributed by atoms with Gasteiger partial charge in [0.05, 0.1) is 11.4 Å². The zero-order valence-corrected chi connectivity index (χ0v) is 16.6. The zero-order valence-electron chi connectivity index (χ0n) is 15.0. The number of carbonyl (C=O) groups excluding carboxylic acids is 1. The maximum absolute atomic E-state index is 12.7. The van der Waals surface area contributed by atoms with Gasteiger partial charge in [-0.1, -0.05) is 12.1 Å². The topological polar surface area (TPSA) is 66.5 Å². The molecule has 0 aromatic heterocycles. The van der Waals surface area contributed by atoms with Crippen molar-refractivity contribution >= 4 is 27.7 Å².